The topological polar surface area (TPSA) is 28.7 Å². The van der Waals surface area contributed by atoms with Gasteiger partial charge < -0.3 is 4.57 Å². The van der Waals surface area contributed by atoms with Gasteiger partial charge in [0, 0.05) is 28.2 Å². The van der Waals surface area contributed by atoms with E-state index in [0.717, 1.165) is 10.6 Å². The minimum atomic E-state index is -0.331. The van der Waals surface area contributed by atoms with Crippen LogP contribution in [0.5, 0.6) is 0 Å². The first-order chi connectivity index (χ1) is 9.58. The number of aryl methyl sites for hydroxylation is 1. The summed E-state index contributed by atoms with van der Waals surface area (Å²) in [6.45, 7) is 0. The van der Waals surface area contributed by atoms with Gasteiger partial charge in [-0.05, 0) is 36.6 Å². The second-order valence-electron chi connectivity index (χ2n) is 4.15. The van der Waals surface area contributed by atoms with Gasteiger partial charge in [-0.15, -0.1) is 11.8 Å². The number of aromatic nitrogens is 1. The maximum atomic E-state index is 13.2. The van der Waals surface area contributed by atoms with Crippen molar-refractivity contribution in [3.8, 4) is 6.07 Å². The standard InChI is InChI=1S/C15H12BrFN2S/c1-19-7-3-4-14(19)15(20-2)12(9-18)11-6-5-10(17)8-13(11)16/h3-8H,1-2H3/b15-12+. The van der Waals surface area contributed by atoms with Crippen LogP contribution in [0.1, 0.15) is 11.3 Å². The van der Waals surface area contributed by atoms with Crippen molar-refractivity contribution in [1.82, 2.24) is 4.57 Å². The van der Waals surface area contributed by atoms with Gasteiger partial charge in [0.2, 0.25) is 0 Å². The van der Waals surface area contributed by atoms with Crippen LogP contribution in [0.3, 0.4) is 0 Å². The van der Waals surface area contributed by atoms with Crippen molar-refractivity contribution in [2.75, 3.05) is 6.26 Å². The summed E-state index contributed by atoms with van der Waals surface area (Å²) in [6, 6.07) is 10.5. The van der Waals surface area contributed by atoms with Gasteiger partial charge in [-0.2, -0.15) is 5.26 Å². The van der Waals surface area contributed by atoms with E-state index in [2.05, 4.69) is 22.0 Å². The number of halogens is 2. The van der Waals surface area contributed by atoms with Crippen LogP contribution in [0.2, 0.25) is 0 Å². The van der Waals surface area contributed by atoms with Crippen LogP contribution in [0.4, 0.5) is 4.39 Å². The van der Waals surface area contributed by atoms with Crippen LogP contribution in [0.25, 0.3) is 10.5 Å². The minimum absolute atomic E-state index is 0.331. The minimum Gasteiger partial charge on any atom is -0.350 e. The molecule has 0 aliphatic rings. The molecule has 2 nitrogen and oxygen atoms in total. The van der Waals surface area contributed by atoms with Gasteiger partial charge in [0.05, 0.1) is 11.3 Å². The smallest absolute Gasteiger partial charge is 0.124 e. The third-order valence-corrected chi connectivity index (χ3v) is 4.40. The number of benzene rings is 1. The molecule has 0 N–H and O–H groups in total. The number of hydrogen-bond donors (Lipinski definition) is 0. The average molecular weight is 351 g/mol. The van der Waals surface area contributed by atoms with Crippen molar-refractivity contribution >= 4 is 38.2 Å². The number of hydrogen-bond acceptors (Lipinski definition) is 2. The van der Waals surface area contributed by atoms with Crippen LogP contribution < -0.4 is 0 Å². The molecule has 0 saturated heterocycles. The molecule has 2 aromatic rings. The second-order valence-corrected chi connectivity index (χ2v) is 5.82. The Morgan fingerprint density at radius 2 is 2.15 bits per heavy atom. The quantitative estimate of drug-likeness (QED) is 0.751. The van der Waals surface area contributed by atoms with Crippen LogP contribution in [-0.4, -0.2) is 10.8 Å². The van der Waals surface area contributed by atoms with E-state index in [0.29, 0.717) is 15.6 Å². The van der Waals surface area contributed by atoms with Crippen molar-refractivity contribution in [3.05, 3.63) is 58.1 Å². The highest BCUT2D eigenvalue weighted by molar-refractivity contribution is 9.10. The molecule has 1 aromatic carbocycles. The highest BCUT2D eigenvalue weighted by Crippen LogP contribution is 2.36. The fourth-order valence-corrected chi connectivity index (χ4v) is 3.29. The second kappa shape index (κ2) is 6.29. The molecule has 1 aromatic heterocycles. The number of nitriles is 1. The lowest BCUT2D eigenvalue weighted by Crippen LogP contribution is -1.96. The third kappa shape index (κ3) is 2.82. The lowest BCUT2D eigenvalue weighted by molar-refractivity contribution is 0.627. The fourth-order valence-electron chi connectivity index (χ4n) is 1.96. The Morgan fingerprint density at radius 1 is 1.40 bits per heavy atom. The van der Waals surface area contributed by atoms with E-state index >= 15 is 0 Å². The third-order valence-electron chi connectivity index (χ3n) is 2.92. The summed E-state index contributed by atoms with van der Waals surface area (Å²) in [4.78, 5) is 0.868. The Balaban J connectivity index is 2.68. The molecule has 0 amide bonds. The highest BCUT2D eigenvalue weighted by atomic mass is 79.9. The van der Waals surface area contributed by atoms with Crippen molar-refractivity contribution in [2.45, 2.75) is 0 Å². The summed E-state index contributed by atoms with van der Waals surface area (Å²) in [5, 5.41) is 9.52. The molecule has 0 atom stereocenters. The summed E-state index contributed by atoms with van der Waals surface area (Å²) < 4.78 is 15.7. The number of nitrogens with zero attached hydrogens (tertiary/aromatic N) is 2. The van der Waals surface area contributed by atoms with Crippen molar-refractivity contribution in [1.29, 1.82) is 5.26 Å². The van der Waals surface area contributed by atoms with E-state index in [-0.39, 0.29) is 5.82 Å². The summed E-state index contributed by atoms with van der Waals surface area (Å²) in [7, 11) is 1.93. The van der Waals surface area contributed by atoms with Crippen molar-refractivity contribution < 1.29 is 4.39 Å². The van der Waals surface area contributed by atoms with Gasteiger partial charge >= 0.3 is 0 Å². The van der Waals surface area contributed by atoms with Gasteiger partial charge in [0.1, 0.15) is 11.9 Å². The van der Waals surface area contributed by atoms with Gasteiger partial charge in [-0.25, -0.2) is 4.39 Å². The lowest BCUT2D eigenvalue weighted by Gasteiger charge is -2.11. The average Bonchev–Trinajstić information content (AvgIpc) is 2.83. The molecule has 0 aliphatic carbocycles. The van der Waals surface area contributed by atoms with Crippen LogP contribution in [0.15, 0.2) is 41.0 Å². The Labute approximate surface area is 130 Å². The molecule has 20 heavy (non-hydrogen) atoms. The van der Waals surface area contributed by atoms with E-state index < -0.39 is 0 Å². The molecule has 0 bridgehead atoms. The SMILES string of the molecule is CS/C(=C(\C#N)c1ccc(F)cc1Br)c1cccn1C. The van der Waals surface area contributed by atoms with Gasteiger partial charge in [-0.3, -0.25) is 0 Å². The van der Waals surface area contributed by atoms with E-state index in [1.54, 1.807) is 6.07 Å². The summed E-state index contributed by atoms with van der Waals surface area (Å²) in [5.41, 5.74) is 2.19. The van der Waals surface area contributed by atoms with Gasteiger partial charge in [0.15, 0.2) is 0 Å². The zero-order chi connectivity index (χ0) is 14.7. The Hall–Kier alpha value is -1.51. The first-order valence-electron chi connectivity index (χ1n) is 5.84. The fraction of sp³-hybridized carbons (Fsp3) is 0.133. The molecule has 0 unspecified atom stereocenters. The number of thioether (sulfide) groups is 1. The number of rotatable bonds is 3. The van der Waals surface area contributed by atoms with E-state index in [4.69, 9.17) is 0 Å². The van der Waals surface area contributed by atoms with E-state index in [1.807, 2.05) is 36.2 Å². The molecule has 5 heteroatoms. The largest absolute Gasteiger partial charge is 0.350 e. The zero-order valence-corrected chi connectivity index (χ0v) is 13.4. The molecule has 0 aliphatic heterocycles. The molecular weight excluding hydrogens is 339 g/mol. The maximum absolute atomic E-state index is 13.2. The zero-order valence-electron chi connectivity index (χ0n) is 11.0. The predicted octanol–water partition coefficient (Wildman–Crippen LogP) is 4.68. The summed E-state index contributed by atoms with van der Waals surface area (Å²) in [5.74, 6) is -0.331. The Bertz CT molecular complexity index is 713. The van der Waals surface area contributed by atoms with Crippen LogP contribution >= 0.6 is 27.7 Å². The molecule has 2 rings (SSSR count). The normalized spacial score (nSPS) is 11.9. The number of allylic oxidation sites excluding steroid dienone is 1. The van der Waals surface area contributed by atoms with Crippen molar-refractivity contribution in [3.63, 3.8) is 0 Å². The van der Waals surface area contributed by atoms with Crippen LogP contribution in [0, 0.1) is 17.1 Å². The highest BCUT2D eigenvalue weighted by Gasteiger charge is 2.15. The molecule has 0 fully saturated rings. The first-order valence-corrected chi connectivity index (χ1v) is 7.85. The van der Waals surface area contributed by atoms with Crippen molar-refractivity contribution in [2.24, 2.45) is 7.05 Å². The first kappa shape index (κ1) is 14.9. The van der Waals surface area contributed by atoms with E-state index in [9.17, 15) is 9.65 Å². The van der Waals surface area contributed by atoms with Gasteiger partial charge in [-0.1, -0.05) is 15.9 Å². The summed E-state index contributed by atoms with van der Waals surface area (Å²) in [6.07, 6.45) is 3.86. The predicted molar refractivity (Wildman–Crippen MR) is 85.5 cm³/mol. The molecule has 0 radical (unpaired) electrons. The maximum Gasteiger partial charge on any atom is 0.124 e. The van der Waals surface area contributed by atoms with Gasteiger partial charge in [0.25, 0.3) is 0 Å². The molecule has 0 spiro atoms. The lowest BCUT2D eigenvalue weighted by atomic mass is 10.1. The van der Waals surface area contributed by atoms with E-state index in [1.165, 1.54) is 23.9 Å². The molecular formula is C15H12BrFN2S. The monoisotopic (exact) mass is 350 g/mol. The summed E-state index contributed by atoms with van der Waals surface area (Å²) >= 11 is 4.83. The molecule has 102 valence electrons. The molecule has 1 heterocycles. The van der Waals surface area contributed by atoms with Crippen LogP contribution in [-0.2, 0) is 7.05 Å². The Morgan fingerprint density at radius 3 is 2.65 bits per heavy atom. The Kier molecular flexibility index (Phi) is 4.69. The molecule has 0 saturated carbocycles.